The Balaban J connectivity index is 2.11. The molecule has 154 valence electrons. The first-order valence-electron chi connectivity index (χ1n) is 10.2. The fraction of sp³-hybridized carbons (Fsp3) is 0.280. The second kappa shape index (κ2) is 7.48. The van der Waals surface area contributed by atoms with Crippen molar-refractivity contribution >= 4 is 17.7 Å². The zero-order valence-electron chi connectivity index (χ0n) is 17.6. The molecule has 3 aromatic rings. The van der Waals surface area contributed by atoms with Gasteiger partial charge in [0.1, 0.15) is 5.82 Å². The molecule has 1 N–H and O–H groups in total. The predicted molar refractivity (Wildman–Crippen MR) is 118 cm³/mol. The lowest BCUT2D eigenvalue weighted by Crippen LogP contribution is -2.50. The van der Waals surface area contributed by atoms with Gasteiger partial charge >= 0.3 is 11.9 Å². The number of aromatic nitrogens is 1. The van der Waals surface area contributed by atoms with Crippen molar-refractivity contribution in [2.45, 2.75) is 45.7 Å². The highest BCUT2D eigenvalue weighted by Crippen LogP contribution is 2.48. The van der Waals surface area contributed by atoms with Crippen LogP contribution in [-0.4, -0.2) is 27.1 Å². The fourth-order valence-corrected chi connectivity index (χ4v) is 4.40. The Hall–Kier alpha value is -3.34. The minimum Gasteiger partial charge on any atom is -0.474 e. The minimum atomic E-state index is -1.45. The van der Waals surface area contributed by atoms with Gasteiger partial charge in [0.15, 0.2) is 0 Å². The molecule has 30 heavy (non-hydrogen) atoms. The SMILES string of the molecule is CC(C)(C)N(C(=O)C(=O)O)c1c(-c2ccccc2)c(-c2ccccc2)c2n1CCC2. The molecular formula is C25H26N2O3. The number of benzene rings is 2. The maximum Gasteiger partial charge on any atom is 0.395 e. The van der Waals surface area contributed by atoms with Crippen molar-refractivity contribution in [1.82, 2.24) is 4.57 Å². The van der Waals surface area contributed by atoms with E-state index in [4.69, 9.17) is 0 Å². The van der Waals surface area contributed by atoms with E-state index in [2.05, 4.69) is 16.7 Å². The number of carboxylic acids is 1. The van der Waals surface area contributed by atoms with Crippen LogP contribution in [0.15, 0.2) is 60.7 Å². The summed E-state index contributed by atoms with van der Waals surface area (Å²) in [6.45, 7) is 6.38. The fourth-order valence-electron chi connectivity index (χ4n) is 4.40. The smallest absolute Gasteiger partial charge is 0.395 e. The number of fused-ring (bicyclic) bond motifs is 1. The lowest BCUT2D eigenvalue weighted by atomic mass is 9.94. The third-order valence-corrected chi connectivity index (χ3v) is 5.53. The number of hydrogen-bond acceptors (Lipinski definition) is 2. The third kappa shape index (κ3) is 3.30. The van der Waals surface area contributed by atoms with E-state index < -0.39 is 17.4 Å². The number of amides is 1. The molecule has 0 radical (unpaired) electrons. The lowest BCUT2D eigenvalue weighted by Gasteiger charge is -2.35. The second-order valence-corrected chi connectivity index (χ2v) is 8.62. The first-order valence-corrected chi connectivity index (χ1v) is 10.2. The van der Waals surface area contributed by atoms with E-state index in [1.165, 1.54) is 4.90 Å². The molecule has 0 unspecified atom stereocenters. The van der Waals surface area contributed by atoms with Crippen molar-refractivity contribution in [1.29, 1.82) is 0 Å². The molecule has 0 spiro atoms. The minimum absolute atomic E-state index is 0.674. The number of aliphatic carboxylic acids is 1. The number of hydrogen-bond donors (Lipinski definition) is 1. The number of carboxylic acid groups (broad SMARTS) is 1. The number of rotatable bonds is 3. The molecule has 1 aromatic heterocycles. The summed E-state index contributed by atoms with van der Waals surface area (Å²) < 4.78 is 2.15. The lowest BCUT2D eigenvalue weighted by molar-refractivity contribution is -0.149. The van der Waals surface area contributed by atoms with Crippen molar-refractivity contribution < 1.29 is 14.7 Å². The Bertz CT molecular complexity index is 1090. The number of anilines is 1. The van der Waals surface area contributed by atoms with Crippen LogP contribution in [0.3, 0.4) is 0 Å². The standard InChI is InChI=1S/C25H26N2O3/c1-25(2,3)27(23(28)24(29)30)22-21(18-13-8-5-9-14-18)20(17-11-6-4-7-12-17)19-15-10-16-26(19)22/h4-9,11-14H,10,15-16H2,1-3H3,(H,29,30). The first kappa shape index (κ1) is 20.0. The summed E-state index contributed by atoms with van der Waals surface area (Å²) in [5, 5.41) is 9.61. The molecule has 1 amide bonds. The number of nitrogens with zero attached hydrogens (tertiary/aromatic N) is 2. The first-order chi connectivity index (χ1) is 14.3. The molecule has 5 heteroatoms. The molecule has 0 bridgehead atoms. The highest BCUT2D eigenvalue weighted by atomic mass is 16.4. The zero-order valence-corrected chi connectivity index (χ0v) is 17.6. The van der Waals surface area contributed by atoms with Crippen molar-refractivity contribution in [3.05, 3.63) is 66.4 Å². The van der Waals surface area contributed by atoms with Gasteiger partial charge in [0, 0.05) is 28.9 Å². The van der Waals surface area contributed by atoms with E-state index in [1.807, 2.05) is 69.3 Å². The highest BCUT2D eigenvalue weighted by molar-refractivity contribution is 6.38. The van der Waals surface area contributed by atoms with Crippen LogP contribution in [0.1, 0.15) is 32.9 Å². The summed E-state index contributed by atoms with van der Waals surface area (Å²) in [5.74, 6) is -1.68. The summed E-state index contributed by atoms with van der Waals surface area (Å²) in [7, 11) is 0. The Kier molecular flexibility index (Phi) is 4.98. The van der Waals surface area contributed by atoms with E-state index in [0.29, 0.717) is 5.82 Å². The van der Waals surface area contributed by atoms with Gasteiger partial charge in [0.25, 0.3) is 0 Å². The van der Waals surface area contributed by atoms with Gasteiger partial charge in [-0.25, -0.2) is 4.79 Å². The molecule has 1 aliphatic heterocycles. The highest BCUT2D eigenvalue weighted by Gasteiger charge is 2.39. The van der Waals surface area contributed by atoms with Crippen LogP contribution in [0.25, 0.3) is 22.3 Å². The molecule has 5 nitrogen and oxygen atoms in total. The maximum absolute atomic E-state index is 12.9. The van der Waals surface area contributed by atoms with Gasteiger partial charge in [-0.1, -0.05) is 60.7 Å². The van der Waals surface area contributed by atoms with Crippen LogP contribution in [0.4, 0.5) is 5.82 Å². The Morgan fingerprint density at radius 3 is 1.93 bits per heavy atom. The van der Waals surface area contributed by atoms with Gasteiger partial charge in [-0.2, -0.15) is 0 Å². The number of carbonyl (C=O) groups is 2. The molecule has 2 aromatic carbocycles. The Morgan fingerprint density at radius 1 is 0.900 bits per heavy atom. The molecule has 0 saturated carbocycles. The van der Waals surface area contributed by atoms with Crippen molar-refractivity contribution in [3.8, 4) is 22.3 Å². The van der Waals surface area contributed by atoms with Crippen LogP contribution >= 0.6 is 0 Å². The van der Waals surface area contributed by atoms with Crippen LogP contribution in [0.2, 0.25) is 0 Å². The molecule has 4 rings (SSSR count). The second-order valence-electron chi connectivity index (χ2n) is 8.62. The van der Waals surface area contributed by atoms with E-state index in [1.54, 1.807) is 0 Å². The monoisotopic (exact) mass is 402 g/mol. The summed E-state index contributed by atoms with van der Waals surface area (Å²) in [6, 6.07) is 20.1. The average Bonchev–Trinajstić information content (AvgIpc) is 3.30. The summed E-state index contributed by atoms with van der Waals surface area (Å²) in [6.07, 6.45) is 1.86. The van der Waals surface area contributed by atoms with Gasteiger partial charge in [-0.3, -0.25) is 9.69 Å². The average molecular weight is 402 g/mol. The Morgan fingerprint density at radius 2 is 1.43 bits per heavy atom. The zero-order chi connectivity index (χ0) is 21.5. The van der Waals surface area contributed by atoms with Gasteiger partial charge in [-0.05, 0) is 44.7 Å². The van der Waals surface area contributed by atoms with E-state index >= 15 is 0 Å². The number of carbonyl (C=O) groups excluding carboxylic acids is 1. The molecule has 1 aliphatic rings. The van der Waals surface area contributed by atoms with E-state index in [9.17, 15) is 14.7 Å². The van der Waals surface area contributed by atoms with Crippen molar-refractivity contribution in [2.75, 3.05) is 4.90 Å². The van der Waals surface area contributed by atoms with E-state index in [-0.39, 0.29) is 0 Å². The molecule has 0 aliphatic carbocycles. The molecule has 0 saturated heterocycles. The topological polar surface area (TPSA) is 62.5 Å². The molecule has 0 atom stereocenters. The Labute approximate surface area is 176 Å². The normalized spacial score (nSPS) is 13.2. The molecular weight excluding hydrogens is 376 g/mol. The summed E-state index contributed by atoms with van der Waals surface area (Å²) in [5.41, 5.74) is 4.50. The van der Waals surface area contributed by atoms with Crippen LogP contribution < -0.4 is 4.90 Å². The van der Waals surface area contributed by atoms with Crippen LogP contribution in [-0.2, 0) is 22.6 Å². The van der Waals surface area contributed by atoms with E-state index in [0.717, 1.165) is 47.3 Å². The van der Waals surface area contributed by atoms with Gasteiger partial charge < -0.3 is 9.67 Å². The molecule has 2 heterocycles. The van der Waals surface area contributed by atoms with Gasteiger partial charge in [-0.15, -0.1) is 0 Å². The largest absolute Gasteiger partial charge is 0.474 e. The third-order valence-electron chi connectivity index (χ3n) is 5.53. The van der Waals surface area contributed by atoms with Crippen LogP contribution in [0.5, 0.6) is 0 Å². The van der Waals surface area contributed by atoms with Gasteiger partial charge in [0.05, 0.1) is 0 Å². The van der Waals surface area contributed by atoms with Crippen LogP contribution in [0, 0.1) is 0 Å². The van der Waals surface area contributed by atoms with Crippen molar-refractivity contribution in [3.63, 3.8) is 0 Å². The molecule has 0 fully saturated rings. The quantitative estimate of drug-likeness (QED) is 0.628. The van der Waals surface area contributed by atoms with Crippen molar-refractivity contribution in [2.24, 2.45) is 0 Å². The predicted octanol–water partition coefficient (Wildman–Crippen LogP) is 4.98. The van der Waals surface area contributed by atoms with Gasteiger partial charge in [0.2, 0.25) is 0 Å². The summed E-state index contributed by atoms with van der Waals surface area (Å²) in [4.78, 5) is 26.2. The summed E-state index contributed by atoms with van der Waals surface area (Å²) >= 11 is 0. The maximum atomic E-state index is 12.9.